The fraction of sp³-hybridized carbons (Fsp3) is 0.133. The molecular formula is C15H14Cl2N4O2. The summed E-state index contributed by atoms with van der Waals surface area (Å²) in [6.07, 6.45) is 3.12. The first kappa shape index (κ1) is 17.1. The van der Waals surface area contributed by atoms with Gasteiger partial charge in [-0.15, -0.1) is 0 Å². The van der Waals surface area contributed by atoms with Crippen molar-refractivity contribution in [3.8, 4) is 0 Å². The van der Waals surface area contributed by atoms with Gasteiger partial charge in [0, 0.05) is 18.9 Å². The third-order valence-corrected chi connectivity index (χ3v) is 3.58. The number of likely N-dealkylation sites (N-methyl/N-ethyl adjacent to an activating group) is 1. The van der Waals surface area contributed by atoms with Crippen molar-refractivity contribution in [1.29, 1.82) is 0 Å². The van der Waals surface area contributed by atoms with Gasteiger partial charge < -0.3 is 15.5 Å². The number of rotatable bonds is 4. The zero-order valence-electron chi connectivity index (χ0n) is 12.2. The molecule has 0 bridgehead atoms. The van der Waals surface area contributed by atoms with E-state index in [2.05, 4.69) is 15.6 Å². The maximum absolute atomic E-state index is 12.0. The lowest BCUT2D eigenvalue weighted by Gasteiger charge is -2.17. The molecule has 0 saturated carbocycles. The summed E-state index contributed by atoms with van der Waals surface area (Å²) in [5, 5.41) is 6.02. The van der Waals surface area contributed by atoms with Crippen molar-refractivity contribution in [1.82, 2.24) is 9.88 Å². The number of carbonyl (C=O) groups excluding carboxylic acids is 2. The Morgan fingerprint density at radius 1 is 1.13 bits per heavy atom. The second-order valence-corrected chi connectivity index (χ2v) is 5.52. The monoisotopic (exact) mass is 352 g/mol. The highest BCUT2D eigenvalue weighted by Crippen LogP contribution is 2.24. The number of carbonyl (C=O) groups is 2. The summed E-state index contributed by atoms with van der Waals surface area (Å²) in [6.45, 7) is -0.119. The summed E-state index contributed by atoms with van der Waals surface area (Å²) in [5.41, 5.74) is 1.06. The van der Waals surface area contributed by atoms with Crippen LogP contribution in [0.25, 0.3) is 0 Å². The van der Waals surface area contributed by atoms with Crippen molar-refractivity contribution < 1.29 is 9.59 Å². The number of aromatic nitrogens is 1. The van der Waals surface area contributed by atoms with E-state index in [9.17, 15) is 9.59 Å². The molecule has 0 fully saturated rings. The molecule has 120 valence electrons. The van der Waals surface area contributed by atoms with Crippen molar-refractivity contribution >= 4 is 46.5 Å². The smallest absolute Gasteiger partial charge is 0.322 e. The van der Waals surface area contributed by atoms with Gasteiger partial charge in [-0.05, 0) is 30.3 Å². The number of nitrogens with one attached hydrogen (secondary N) is 2. The second-order valence-electron chi connectivity index (χ2n) is 4.70. The molecular weight excluding hydrogens is 339 g/mol. The minimum absolute atomic E-state index is 0.119. The molecule has 1 aromatic carbocycles. The lowest BCUT2D eigenvalue weighted by atomic mass is 10.3. The molecule has 2 rings (SSSR count). The van der Waals surface area contributed by atoms with Gasteiger partial charge in [0.05, 0.1) is 21.9 Å². The number of hydrogen-bond acceptors (Lipinski definition) is 3. The van der Waals surface area contributed by atoms with E-state index in [1.54, 1.807) is 30.5 Å². The highest BCUT2D eigenvalue weighted by Gasteiger charge is 2.13. The minimum Gasteiger partial charge on any atom is -0.324 e. The summed E-state index contributed by atoms with van der Waals surface area (Å²) < 4.78 is 0. The number of halogens is 2. The van der Waals surface area contributed by atoms with Crippen LogP contribution in [0.5, 0.6) is 0 Å². The molecule has 0 unspecified atom stereocenters. The van der Waals surface area contributed by atoms with Gasteiger partial charge in [0.15, 0.2) is 0 Å². The Morgan fingerprint density at radius 2 is 1.91 bits per heavy atom. The van der Waals surface area contributed by atoms with Crippen LogP contribution >= 0.6 is 23.2 Å². The average Bonchev–Trinajstić information content (AvgIpc) is 2.51. The first-order valence-electron chi connectivity index (χ1n) is 6.63. The van der Waals surface area contributed by atoms with Gasteiger partial charge >= 0.3 is 6.03 Å². The maximum Gasteiger partial charge on any atom is 0.322 e. The Kier molecular flexibility index (Phi) is 5.78. The number of anilines is 2. The zero-order valence-corrected chi connectivity index (χ0v) is 13.7. The quantitative estimate of drug-likeness (QED) is 0.884. The first-order valence-corrected chi connectivity index (χ1v) is 7.38. The van der Waals surface area contributed by atoms with Gasteiger partial charge in [0.1, 0.15) is 6.54 Å². The average molecular weight is 353 g/mol. The van der Waals surface area contributed by atoms with Crippen LogP contribution in [-0.2, 0) is 4.79 Å². The maximum atomic E-state index is 12.0. The third kappa shape index (κ3) is 5.12. The van der Waals surface area contributed by atoms with E-state index in [0.717, 1.165) is 0 Å². The minimum atomic E-state index is -0.415. The van der Waals surface area contributed by atoms with Crippen LogP contribution < -0.4 is 10.6 Å². The Hall–Kier alpha value is -2.31. The van der Waals surface area contributed by atoms with Gasteiger partial charge in [-0.3, -0.25) is 9.78 Å². The second kappa shape index (κ2) is 7.80. The van der Waals surface area contributed by atoms with E-state index in [1.165, 1.54) is 24.2 Å². The molecule has 0 radical (unpaired) electrons. The van der Waals surface area contributed by atoms with Crippen LogP contribution in [-0.4, -0.2) is 35.4 Å². The van der Waals surface area contributed by atoms with Gasteiger partial charge in [-0.2, -0.15) is 0 Å². The molecule has 1 heterocycles. The fourth-order valence-corrected chi connectivity index (χ4v) is 2.02. The van der Waals surface area contributed by atoms with Crippen LogP contribution in [0.4, 0.5) is 16.2 Å². The molecule has 23 heavy (non-hydrogen) atoms. The van der Waals surface area contributed by atoms with E-state index < -0.39 is 6.03 Å². The van der Waals surface area contributed by atoms with Crippen molar-refractivity contribution in [2.24, 2.45) is 0 Å². The van der Waals surface area contributed by atoms with Crippen LogP contribution in [0.3, 0.4) is 0 Å². The lowest BCUT2D eigenvalue weighted by Crippen LogP contribution is -2.37. The Balaban J connectivity index is 1.88. The molecule has 3 amide bonds. The molecule has 2 N–H and O–H groups in total. The number of urea groups is 1. The number of nitrogens with zero attached hydrogens (tertiary/aromatic N) is 2. The predicted molar refractivity (Wildman–Crippen MR) is 91.0 cm³/mol. The fourth-order valence-electron chi connectivity index (χ4n) is 1.72. The number of hydrogen-bond donors (Lipinski definition) is 2. The third-order valence-electron chi connectivity index (χ3n) is 2.84. The zero-order chi connectivity index (χ0) is 16.8. The molecule has 0 spiro atoms. The molecule has 8 heteroatoms. The Bertz CT molecular complexity index is 710. The summed E-state index contributed by atoms with van der Waals surface area (Å²) in [5.74, 6) is -0.354. The van der Waals surface area contributed by atoms with E-state index >= 15 is 0 Å². The molecule has 1 aromatic heterocycles. The van der Waals surface area contributed by atoms with Crippen LogP contribution in [0.2, 0.25) is 10.0 Å². The van der Waals surface area contributed by atoms with Crippen molar-refractivity contribution in [2.75, 3.05) is 24.2 Å². The predicted octanol–water partition coefficient (Wildman–Crippen LogP) is 3.49. The lowest BCUT2D eigenvalue weighted by molar-refractivity contribution is -0.116. The summed E-state index contributed by atoms with van der Waals surface area (Å²) in [7, 11) is 1.51. The van der Waals surface area contributed by atoms with Crippen LogP contribution in [0.15, 0.2) is 42.7 Å². The molecule has 2 aromatic rings. The van der Waals surface area contributed by atoms with Crippen molar-refractivity contribution in [3.05, 3.63) is 52.8 Å². The van der Waals surface area contributed by atoms with Gasteiger partial charge in [-0.1, -0.05) is 23.2 Å². The summed E-state index contributed by atoms with van der Waals surface area (Å²) in [6, 6.07) is 7.74. The largest absolute Gasteiger partial charge is 0.324 e. The molecule has 0 aliphatic heterocycles. The summed E-state index contributed by atoms with van der Waals surface area (Å²) in [4.78, 5) is 29.1. The molecule has 0 saturated heterocycles. The number of benzene rings is 1. The van der Waals surface area contributed by atoms with E-state index in [1.807, 2.05) is 0 Å². The standard InChI is InChI=1S/C15H14Cl2N4O2/c1-21(15(23)20-11-3-2-6-18-8-11)9-14(22)19-10-4-5-12(16)13(17)7-10/h2-8H,9H2,1H3,(H,19,22)(H,20,23). The topological polar surface area (TPSA) is 74.3 Å². The Labute approximate surface area is 143 Å². The highest BCUT2D eigenvalue weighted by molar-refractivity contribution is 6.42. The molecule has 0 aliphatic carbocycles. The number of pyridine rings is 1. The number of amides is 3. The first-order chi connectivity index (χ1) is 11.0. The van der Waals surface area contributed by atoms with Crippen LogP contribution in [0.1, 0.15) is 0 Å². The van der Waals surface area contributed by atoms with Gasteiger partial charge in [-0.25, -0.2) is 4.79 Å². The molecule has 0 aliphatic rings. The van der Waals surface area contributed by atoms with E-state index in [0.29, 0.717) is 21.4 Å². The Morgan fingerprint density at radius 3 is 2.57 bits per heavy atom. The van der Waals surface area contributed by atoms with Crippen molar-refractivity contribution in [2.45, 2.75) is 0 Å². The van der Waals surface area contributed by atoms with Crippen LogP contribution in [0, 0.1) is 0 Å². The van der Waals surface area contributed by atoms with Gasteiger partial charge in [0.2, 0.25) is 5.91 Å². The summed E-state index contributed by atoms with van der Waals surface area (Å²) >= 11 is 11.7. The normalized spacial score (nSPS) is 10.0. The van der Waals surface area contributed by atoms with E-state index in [-0.39, 0.29) is 12.5 Å². The molecule has 0 atom stereocenters. The van der Waals surface area contributed by atoms with Crippen molar-refractivity contribution in [3.63, 3.8) is 0 Å². The van der Waals surface area contributed by atoms with E-state index in [4.69, 9.17) is 23.2 Å². The highest BCUT2D eigenvalue weighted by atomic mass is 35.5. The molecule has 6 nitrogen and oxygen atoms in total. The van der Waals surface area contributed by atoms with Gasteiger partial charge in [0.25, 0.3) is 0 Å². The SMILES string of the molecule is CN(CC(=O)Nc1ccc(Cl)c(Cl)c1)C(=O)Nc1cccnc1.